The van der Waals surface area contributed by atoms with E-state index in [1.807, 2.05) is 0 Å². The summed E-state index contributed by atoms with van der Waals surface area (Å²) in [7, 11) is 1.37. The van der Waals surface area contributed by atoms with Crippen molar-refractivity contribution in [2.75, 3.05) is 13.8 Å². The third kappa shape index (κ3) is 3.40. The van der Waals surface area contributed by atoms with Gasteiger partial charge < -0.3 is 4.84 Å². The Bertz CT molecular complexity index is 40.1. The first-order chi connectivity index (χ1) is 2.91. The molecular formula is C3H6FNO. The summed E-state index contributed by atoms with van der Waals surface area (Å²) in [5.74, 6) is 0. The van der Waals surface area contributed by atoms with Gasteiger partial charge in [0.1, 0.15) is 13.8 Å². The molecule has 36 valence electrons. The van der Waals surface area contributed by atoms with Crippen LogP contribution in [0.2, 0.25) is 0 Å². The van der Waals surface area contributed by atoms with Crippen LogP contribution in [-0.4, -0.2) is 20.0 Å². The van der Waals surface area contributed by atoms with Gasteiger partial charge in [0.2, 0.25) is 0 Å². The van der Waals surface area contributed by atoms with Gasteiger partial charge in [-0.1, -0.05) is 5.16 Å². The van der Waals surface area contributed by atoms with E-state index < -0.39 is 6.67 Å². The number of nitrogens with zero attached hydrogens (tertiary/aromatic N) is 1. The molecule has 0 bridgehead atoms. The molecule has 6 heavy (non-hydrogen) atoms. The third-order valence-electron chi connectivity index (χ3n) is 0.249. The summed E-state index contributed by atoms with van der Waals surface area (Å²) in [6.07, 6.45) is 1.04. The average molecular weight is 90.1 g/mol. The van der Waals surface area contributed by atoms with Gasteiger partial charge in [-0.05, 0) is 0 Å². The molecule has 0 aliphatic rings. The molecular weight excluding hydrogens is 84.0 g/mol. The van der Waals surface area contributed by atoms with Crippen molar-refractivity contribution in [3.63, 3.8) is 0 Å². The fourth-order valence-corrected chi connectivity index (χ4v) is 0.103. The number of hydrogen-bond acceptors (Lipinski definition) is 2. The average Bonchev–Trinajstić information content (AvgIpc) is 1.61. The van der Waals surface area contributed by atoms with Crippen LogP contribution in [0.15, 0.2) is 5.16 Å². The maximum Gasteiger partial charge on any atom is 0.128 e. The summed E-state index contributed by atoms with van der Waals surface area (Å²) in [6, 6.07) is 0. The Morgan fingerprint density at radius 3 is 2.83 bits per heavy atom. The van der Waals surface area contributed by atoms with Crippen LogP contribution in [-0.2, 0) is 4.84 Å². The maximum absolute atomic E-state index is 11.0. The van der Waals surface area contributed by atoms with E-state index in [0.29, 0.717) is 0 Å². The zero-order valence-electron chi connectivity index (χ0n) is 3.52. The number of hydrogen-bond donors (Lipinski definition) is 0. The molecule has 3 heteroatoms. The lowest BCUT2D eigenvalue weighted by molar-refractivity contribution is 0.214. The first-order valence-corrected chi connectivity index (χ1v) is 1.52. The second kappa shape index (κ2) is 4.40. The van der Waals surface area contributed by atoms with E-state index in [9.17, 15) is 4.39 Å². The van der Waals surface area contributed by atoms with E-state index in [1.165, 1.54) is 7.11 Å². The maximum atomic E-state index is 11.0. The Kier molecular flexibility index (Phi) is 3.96. The molecule has 0 rings (SSSR count). The highest BCUT2D eigenvalue weighted by Gasteiger charge is 1.63. The Hall–Kier alpha value is -0.600. The van der Waals surface area contributed by atoms with Crippen molar-refractivity contribution in [3.05, 3.63) is 0 Å². The van der Waals surface area contributed by atoms with Crippen LogP contribution in [0, 0.1) is 0 Å². The zero-order valence-corrected chi connectivity index (χ0v) is 3.52. The smallest absolute Gasteiger partial charge is 0.128 e. The Morgan fingerprint density at radius 2 is 2.67 bits per heavy atom. The van der Waals surface area contributed by atoms with Crippen LogP contribution in [0.5, 0.6) is 0 Å². The summed E-state index contributed by atoms with van der Waals surface area (Å²) < 4.78 is 11.0. The minimum Gasteiger partial charge on any atom is -0.399 e. The van der Waals surface area contributed by atoms with Crippen molar-refractivity contribution in [1.82, 2.24) is 0 Å². The molecule has 0 fully saturated rings. The number of oxime groups is 1. The van der Waals surface area contributed by atoms with E-state index in [-0.39, 0.29) is 0 Å². The molecule has 0 aliphatic heterocycles. The number of halogens is 1. The van der Waals surface area contributed by atoms with Gasteiger partial charge in [-0.15, -0.1) is 0 Å². The van der Waals surface area contributed by atoms with E-state index in [0.717, 1.165) is 6.21 Å². The highest BCUT2D eigenvalue weighted by molar-refractivity contribution is 5.57. The molecule has 0 radical (unpaired) electrons. The van der Waals surface area contributed by atoms with Crippen LogP contribution in [0.1, 0.15) is 0 Å². The van der Waals surface area contributed by atoms with Gasteiger partial charge in [0.05, 0.1) is 6.21 Å². The second-order valence-corrected chi connectivity index (χ2v) is 0.625. The molecule has 0 aromatic carbocycles. The molecule has 0 aliphatic carbocycles. The van der Waals surface area contributed by atoms with Gasteiger partial charge in [0.25, 0.3) is 0 Å². The fourth-order valence-electron chi connectivity index (χ4n) is 0.103. The minimum atomic E-state index is -0.562. The molecule has 0 amide bonds. The van der Waals surface area contributed by atoms with E-state index >= 15 is 0 Å². The standard InChI is InChI=1S/C3H6FNO/c1-6-5-3-2-4/h3H,2H2,1H3/i4-1. The van der Waals surface area contributed by atoms with Crippen LogP contribution in [0.4, 0.5) is 4.39 Å². The SMILES string of the molecule is CON=CC[18F]. The normalized spacial score (nSPS) is 9.67. The molecule has 0 N–H and O–H groups in total. The van der Waals surface area contributed by atoms with E-state index in [4.69, 9.17) is 0 Å². The highest BCUT2D eigenvalue weighted by Crippen LogP contribution is 1.62. The molecule has 0 aromatic rings. The predicted molar refractivity (Wildman–Crippen MR) is 21.5 cm³/mol. The molecule has 2 nitrogen and oxygen atoms in total. The minimum absolute atomic E-state index is 0.562. The van der Waals surface area contributed by atoms with Crippen LogP contribution < -0.4 is 0 Å². The molecule has 0 spiro atoms. The van der Waals surface area contributed by atoms with E-state index in [1.54, 1.807) is 0 Å². The van der Waals surface area contributed by atoms with E-state index in [2.05, 4.69) is 9.99 Å². The van der Waals surface area contributed by atoms with Crippen molar-refractivity contribution in [2.24, 2.45) is 5.16 Å². The largest absolute Gasteiger partial charge is 0.399 e. The number of rotatable bonds is 2. The van der Waals surface area contributed by atoms with Gasteiger partial charge in [-0.2, -0.15) is 0 Å². The van der Waals surface area contributed by atoms with Gasteiger partial charge in [-0.25, -0.2) is 4.39 Å². The van der Waals surface area contributed by atoms with Gasteiger partial charge >= 0.3 is 0 Å². The zero-order chi connectivity index (χ0) is 4.83. The summed E-state index contributed by atoms with van der Waals surface area (Å²) in [5.41, 5.74) is 0. The first kappa shape index (κ1) is 5.40. The van der Waals surface area contributed by atoms with Crippen molar-refractivity contribution >= 4 is 6.21 Å². The lowest BCUT2D eigenvalue weighted by atomic mass is 10.9. The van der Waals surface area contributed by atoms with Crippen molar-refractivity contribution in [2.45, 2.75) is 0 Å². The van der Waals surface area contributed by atoms with Crippen molar-refractivity contribution < 1.29 is 9.23 Å². The lowest BCUT2D eigenvalue weighted by Crippen LogP contribution is -1.74. The predicted octanol–water partition coefficient (Wildman–Crippen LogP) is 0.588. The summed E-state index contributed by atoms with van der Waals surface area (Å²) >= 11 is 0. The quantitative estimate of drug-likeness (QED) is 0.359. The summed E-state index contributed by atoms with van der Waals surface area (Å²) in [4.78, 5) is 4.11. The Labute approximate surface area is 35.6 Å². The molecule has 0 aromatic heterocycles. The van der Waals surface area contributed by atoms with Crippen LogP contribution in [0.25, 0.3) is 0 Å². The molecule has 0 atom stereocenters. The van der Waals surface area contributed by atoms with Gasteiger partial charge in [-0.3, -0.25) is 0 Å². The monoisotopic (exact) mass is 90.0 g/mol. The molecule has 0 saturated carbocycles. The van der Waals surface area contributed by atoms with Crippen LogP contribution >= 0.6 is 0 Å². The lowest BCUT2D eigenvalue weighted by Gasteiger charge is -1.77. The van der Waals surface area contributed by atoms with Crippen LogP contribution in [0.3, 0.4) is 0 Å². The van der Waals surface area contributed by atoms with Crippen molar-refractivity contribution in [1.29, 1.82) is 0 Å². The fraction of sp³-hybridized carbons (Fsp3) is 0.667. The summed E-state index contributed by atoms with van der Waals surface area (Å²) in [6.45, 7) is -0.562. The van der Waals surface area contributed by atoms with Gasteiger partial charge in [0, 0.05) is 0 Å². The second-order valence-electron chi connectivity index (χ2n) is 0.625. The molecule has 0 heterocycles. The summed E-state index contributed by atoms with van der Waals surface area (Å²) in [5, 5.41) is 3.09. The first-order valence-electron chi connectivity index (χ1n) is 1.52. The Balaban J connectivity index is 2.73. The number of alkyl halides is 1. The third-order valence-corrected chi connectivity index (χ3v) is 0.249. The topological polar surface area (TPSA) is 21.6 Å². The molecule has 0 unspecified atom stereocenters. The van der Waals surface area contributed by atoms with Gasteiger partial charge in [0.15, 0.2) is 0 Å². The van der Waals surface area contributed by atoms with Crippen molar-refractivity contribution in [3.8, 4) is 0 Å². The molecule has 0 saturated heterocycles. The highest BCUT2D eigenvalue weighted by atomic mass is 18.2. The Morgan fingerprint density at radius 1 is 2.00 bits per heavy atom.